The van der Waals surface area contributed by atoms with Crippen LogP contribution in [0.5, 0.6) is 0 Å². The van der Waals surface area contributed by atoms with E-state index in [9.17, 15) is 9.90 Å². The second kappa shape index (κ2) is 6.90. The van der Waals surface area contributed by atoms with Crippen molar-refractivity contribution >= 4 is 17.5 Å². The van der Waals surface area contributed by atoms with E-state index in [0.29, 0.717) is 22.3 Å². The Morgan fingerprint density at radius 2 is 2.25 bits per heavy atom. The fourth-order valence-corrected chi connectivity index (χ4v) is 2.57. The lowest BCUT2D eigenvalue weighted by atomic mass is 10.2. The summed E-state index contributed by atoms with van der Waals surface area (Å²) in [5.74, 6) is 0.639. The van der Waals surface area contributed by atoms with Crippen molar-refractivity contribution in [1.82, 2.24) is 15.3 Å². The molecule has 0 saturated heterocycles. The number of imidazole rings is 1. The molecule has 0 aliphatic heterocycles. The third-order valence-corrected chi connectivity index (χ3v) is 3.81. The zero-order chi connectivity index (χ0) is 17.1. The number of nitrogens with one attached hydrogen (secondary N) is 2. The van der Waals surface area contributed by atoms with Crippen LogP contribution in [0.2, 0.25) is 5.02 Å². The molecule has 3 rings (SSSR count). The van der Waals surface area contributed by atoms with Gasteiger partial charge < -0.3 is 19.8 Å². The fraction of sp³-hybridized carbons (Fsp3) is 0.176. The molecule has 1 aromatic carbocycles. The number of aromatic nitrogens is 2. The Balaban J connectivity index is 1.83. The first-order chi connectivity index (χ1) is 11.6. The van der Waals surface area contributed by atoms with Crippen LogP contribution < -0.4 is 5.32 Å². The molecular formula is C17H16ClN3O3. The number of carbonyl (C=O) groups excluding carboxylic acids is 1. The van der Waals surface area contributed by atoms with Crippen LogP contribution in [0.15, 0.2) is 47.1 Å². The van der Waals surface area contributed by atoms with Gasteiger partial charge in [0.25, 0.3) is 5.91 Å². The summed E-state index contributed by atoms with van der Waals surface area (Å²) in [7, 11) is 0. The summed E-state index contributed by atoms with van der Waals surface area (Å²) in [6.45, 7) is 1.49. The number of aliphatic hydroxyl groups is 1. The third kappa shape index (κ3) is 3.34. The van der Waals surface area contributed by atoms with E-state index in [-0.39, 0.29) is 12.3 Å². The number of halogens is 1. The van der Waals surface area contributed by atoms with E-state index in [1.807, 2.05) is 12.1 Å². The predicted molar refractivity (Wildman–Crippen MR) is 89.8 cm³/mol. The maximum Gasteiger partial charge on any atom is 0.272 e. The lowest BCUT2D eigenvalue weighted by molar-refractivity contribution is 0.0902. The number of hydrogen-bond donors (Lipinski definition) is 3. The van der Waals surface area contributed by atoms with Crippen LogP contribution in [0.25, 0.3) is 11.4 Å². The molecule has 7 heteroatoms. The molecule has 0 aliphatic carbocycles. The second-order valence-electron chi connectivity index (χ2n) is 5.29. The first-order valence-electron chi connectivity index (χ1n) is 7.36. The van der Waals surface area contributed by atoms with Crippen molar-refractivity contribution in [3.63, 3.8) is 0 Å². The SMILES string of the molecule is Cc1[nH]c(-c2cccc(Cl)c2)nc1C(=O)NC(CO)c1ccco1. The van der Waals surface area contributed by atoms with Crippen LogP contribution in [-0.4, -0.2) is 27.6 Å². The molecule has 0 radical (unpaired) electrons. The van der Waals surface area contributed by atoms with E-state index in [4.69, 9.17) is 16.0 Å². The number of amides is 1. The molecule has 2 aromatic heterocycles. The van der Waals surface area contributed by atoms with Crippen molar-refractivity contribution in [3.8, 4) is 11.4 Å². The Morgan fingerprint density at radius 1 is 1.42 bits per heavy atom. The molecule has 1 amide bonds. The lowest BCUT2D eigenvalue weighted by Gasteiger charge is -2.13. The molecule has 124 valence electrons. The normalized spacial score (nSPS) is 12.1. The smallest absolute Gasteiger partial charge is 0.272 e. The summed E-state index contributed by atoms with van der Waals surface area (Å²) in [5.41, 5.74) is 1.67. The van der Waals surface area contributed by atoms with E-state index in [1.54, 1.807) is 31.2 Å². The summed E-state index contributed by atoms with van der Waals surface area (Å²) in [6.07, 6.45) is 1.49. The molecule has 0 saturated carbocycles. The Labute approximate surface area is 143 Å². The molecule has 0 fully saturated rings. The summed E-state index contributed by atoms with van der Waals surface area (Å²) >= 11 is 5.99. The highest BCUT2D eigenvalue weighted by Crippen LogP contribution is 2.22. The number of benzene rings is 1. The van der Waals surface area contributed by atoms with Crippen molar-refractivity contribution < 1.29 is 14.3 Å². The zero-order valence-corrected chi connectivity index (χ0v) is 13.7. The average molecular weight is 346 g/mol. The monoisotopic (exact) mass is 345 g/mol. The largest absolute Gasteiger partial charge is 0.467 e. The molecule has 3 aromatic rings. The van der Waals surface area contributed by atoms with Gasteiger partial charge in [-0.3, -0.25) is 4.79 Å². The van der Waals surface area contributed by atoms with Gasteiger partial charge in [-0.15, -0.1) is 0 Å². The first-order valence-corrected chi connectivity index (χ1v) is 7.74. The zero-order valence-electron chi connectivity index (χ0n) is 12.9. The molecule has 0 aliphatic rings. The van der Waals surface area contributed by atoms with Gasteiger partial charge in [0.15, 0.2) is 0 Å². The first kappa shape index (κ1) is 16.3. The number of aryl methyl sites for hydroxylation is 1. The molecule has 6 nitrogen and oxygen atoms in total. The number of nitrogens with zero attached hydrogens (tertiary/aromatic N) is 1. The topological polar surface area (TPSA) is 91.2 Å². The number of aliphatic hydroxyl groups excluding tert-OH is 1. The molecule has 0 spiro atoms. The van der Waals surface area contributed by atoms with Crippen LogP contribution in [0, 0.1) is 6.92 Å². The third-order valence-electron chi connectivity index (χ3n) is 3.57. The van der Waals surface area contributed by atoms with Gasteiger partial charge in [0, 0.05) is 16.3 Å². The molecule has 3 N–H and O–H groups in total. The van der Waals surface area contributed by atoms with Gasteiger partial charge >= 0.3 is 0 Å². The van der Waals surface area contributed by atoms with Crippen LogP contribution in [0.3, 0.4) is 0 Å². The highest BCUT2D eigenvalue weighted by atomic mass is 35.5. The molecule has 1 atom stereocenters. The Hall–Kier alpha value is -2.57. The van der Waals surface area contributed by atoms with E-state index in [1.165, 1.54) is 6.26 Å². The fourth-order valence-electron chi connectivity index (χ4n) is 2.38. The summed E-state index contributed by atoms with van der Waals surface area (Å²) in [6, 6.07) is 9.96. The van der Waals surface area contributed by atoms with Crippen LogP contribution in [0.4, 0.5) is 0 Å². The minimum atomic E-state index is -0.627. The number of rotatable bonds is 5. The Bertz CT molecular complexity index is 843. The number of H-pyrrole nitrogens is 1. The summed E-state index contributed by atoms with van der Waals surface area (Å²) in [5, 5.41) is 12.8. The molecule has 24 heavy (non-hydrogen) atoms. The molecular weight excluding hydrogens is 330 g/mol. The predicted octanol–water partition coefficient (Wildman–Crippen LogP) is 3.09. The van der Waals surface area contributed by atoms with Gasteiger partial charge in [0.2, 0.25) is 0 Å². The highest BCUT2D eigenvalue weighted by molar-refractivity contribution is 6.30. The highest BCUT2D eigenvalue weighted by Gasteiger charge is 2.21. The summed E-state index contributed by atoms with van der Waals surface area (Å²) in [4.78, 5) is 19.9. The summed E-state index contributed by atoms with van der Waals surface area (Å²) < 4.78 is 5.22. The van der Waals surface area contributed by atoms with Crippen LogP contribution in [0.1, 0.15) is 28.0 Å². The molecule has 0 bridgehead atoms. The number of hydrogen-bond acceptors (Lipinski definition) is 4. The van der Waals surface area contributed by atoms with Gasteiger partial charge in [-0.25, -0.2) is 4.98 Å². The molecule has 2 heterocycles. The number of furan rings is 1. The Morgan fingerprint density at radius 3 is 2.92 bits per heavy atom. The van der Waals surface area contributed by atoms with E-state index in [0.717, 1.165) is 5.56 Å². The molecule has 1 unspecified atom stereocenters. The van der Waals surface area contributed by atoms with Crippen molar-refractivity contribution in [2.75, 3.05) is 6.61 Å². The van der Waals surface area contributed by atoms with Gasteiger partial charge in [0.05, 0.1) is 12.9 Å². The average Bonchev–Trinajstić information content (AvgIpc) is 3.22. The lowest BCUT2D eigenvalue weighted by Crippen LogP contribution is -2.31. The standard InChI is InChI=1S/C17H16ClN3O3/c1-10-15(17(23)20-13(9-22)14-6-3-7-24-14)21-16(19-10)11-4-2-5-12(18)8-11/h2-8,13,22H,9H2,1H3,(H,19,21)(H,20,23). The van der Waals surface area contributed by atoms with Crippen LogP contribution in [-0.2, 0) is 0 Å². The minimum Gasteiger partial charge on any atom is -0.467 e. The van der Waals surface area contributed by atoms with E-state index in [2.05, 4.69) is 15.3 Å². The van der Waals surface area contributed by atoms with E-state index < -0.39 is 11.9 Å². The minimum absolute atomic E-state index is 0.259. The van der Waals surface area contributed by atoms with Crippen molar-refractivity contribution in [2.45, 2.75) is 13.0 Å². The quantitative estimate of drug-likeness (QED) is 0.662. The number of carbonyl (C=O) groups is 1. The van der Waals surface area contributed by atoms with Crippen molar-refractivity contribution in [1.29, 1.82) is 0 Å². The van der Waals surface area contributed by atoms with Crippen molar-refractivity contribution in [2.24, 2.45) is 0 Å². The number of aromatic amines is 1. The van der Waals surface area contributed by atoms with Gasteiger partial charge in [0.1, 0.15) is 23.3 Å². The van der Waals surface area contributed by atoms with Gasteiger partial charge in [-0.2, -0.15) is 0 Å². The van der Waals surface area contributed by atoms with Crippen molar-refractivity contribution in [3.05, 3.63) is 64.8 Å². The van der Waals surface area contributed by atoms with Gasteiger partial charge in [-0.05, 0) is 31.2 Å². The maximum atomic E-state index is 12.5. The second-order valence-corrected chi connectivity index (χ2v) is 5.73. The maximum absolute atomic E-state index is 12.5. The van der Waals surface area contributed by atoms with Gasteiger partial charge in [-0.1, -0.05) is 23.7 Å². The Kier molecular flexibility index (Phi) is 4.69. The van der Waals surface area contributed by atoms with Crippen LogP contribution >= 0.6 is 11.6 Å². The van der Waals surface area contributed by atoms with E-state index >= 15 is 0 Å².